The first-order chi connectivity index (χ1) is 6.20. The summed E-state index contributed by atoms with van der Waals surface area (Å²) in [6.45, 7) is 1.93. The summed E-state index contributed by atoms with van der Waals surface area (Å²) < 4.78 is 5.01. The lowest BCUT2D eigenvalue weighted by Gasteiger charge is -1.70. The van der Waals surface area contributed by atoms with Crippen LogP contribution in [0.25, 0.3) is 0 Å². The van der Waals surface area contributed by atoms with Gasteiger partial charge < -0.3 is 9.84 Å². The lowest BCUT2D eigenvalue weighted by Crippen LogP contribution is -1.84. The third-order valence-corrected chi connectivity index (χ3v) is 1.37. The molecular weight excluding hydrogens is 168 g/mol. The molecule has 0 aliphatic carbocycles. The Morgan fingerprint density at radius 3 is 2.77 bits per heavy atom. The van der Waals surface area contributed by atoms with Crippen molar-refractivity contribution in [3.8, 4) is 23.7 Å². The largest absolute Gasteiger partial charge is 0.478 e. The van der Waals surface area contributed by atoms with E-state index in [-0.39, 0.29) is 12.2 Å². The van der Waals surface area contributed by atoms with Crippen LogP contribution in [0.1, 0.15) is 6.92 Å². The zero-order valence-corrected chi connectivity index (χ0v) is 7.07. The van der Waals surface area contributed by atoms with Gasteiger partial charge in [0.1, 0.15) is 6.10 Å². The summed E-state index contributed by atoms with van der Waals surface area (Å²) in [6, 6.07) is 0. The van der Waals surface area contributed by atoms with E-state index in [0.717, 1.165) is 6.08 Å². The molecule has 0 saturated carbocycles. The Morgan fingerprint density at radius 1 is 1.54 bits per heavy atom. The number of allylic oxidation sites excluding steroid dienone is 1. The van der Waals surface area contributed by atoms with Crippen LogP contribution < -0.4 is 0 Å². The number of hydrogen-bond donors (Lipinski definition) is 1. The maximum atomic E-state index is 9.98. The van der Waals surface area contributed by atoms with Gasteiger partial charge in [-0.2, -0.15) is 0 Å². The average Bonchev–Trinajstić information content (AvgIpc) is 2.74. The summed E-state index contributed by atoms with van der Waals surface area (Å²) in [7, 11) is 0. The van der Waals surface area contributed by atoms with Crippen molar-refractivity contribution >= 4 is 5.97 Å². The Balaban J connectivity index is 2.30. The Hall–Kier alpha value is -1.71. The molecule has 0 aromatic heterocycles. The number of carbonyl (C=O) groups is 1. The van der Waals surface area contributed by atoms with E-state index >= 15 is 0 Å². The quantitative estimate of drug-likeness (QED) is 0.358. The van der Waals surface area contributed by atoms with Crippen molar-refractivity contribution < 1.29 is 14.6 Å². The zero-order valence-electron chi connectivity index (χ0n) is 7.07. The van der Waals surface area contributed by atoms with E-state index in [0.29, 0.717) is 0 Å². The van der Waals surface area contributed by atoms with E-state index in [9.17, 15) is 4.79 Å². The number of epoxide rings is 1. The van der Waals surface area contributed by atoms with E-state index < -0.39 is 5.97 Å². The molecule has 13 heavy (non-hydrogen) atoms. The summed E-state index contributed by atoms with van der Waals surface area (Å²) in [5.74, 6) is 9.29. The van der Waals surface area contributed by atoms with Gasteiger partial charge in [0.05, 0.1) is 6.10 Å². The standard InChI is InChI=1S/C10H8O3/c1-8-9(13-8)6-4-2-3-5-7-10(11)12/h5,7-9H,1H3,(H,11,12)/b7-5+. The van der Waals surface area contributed by atoms with E-state index in [4.69, 9.17) is 9.84 Å². The molecule has 0 aromatic rings. The van der Waals surface area contributed by atoms with E-state index in [2.05, 4.69) is 23.7 Å². The first kappa shape index (κ1) is 9.38. The summed E-state index contributed by atoms with van der Waals surface area (Å²) in [5.41, 5.74) is 0. The third kappa shape index (κ3) is 4.00. The van der Waals surface area contributed by atoms with Crippen molar-refractivity contribution in [2.24, 2.45) is 0 Å². The van der Waals surface area contributed by atoms with Crippen LogP contribution in [0.2, 0.25) is 0 Å². The third-order valence-electron chi connectivity index (χ3n) is 1.37. The molecule has 2 atom stereocenters. The van der Waals surface area contributed by atoms with Crippen molar-refractivity contribution in [1.29, 1.82) is 0 Å². The van der Waals surface area contributed by atoms with Gasteiger partial charge in [-0.15, -0.1) is 0 Å². The summed E-state index contributed by atoms with van der Waals surface area (Å²) in [6.07, 6.45) is 2.43. The predicted molar refractivity (Wildman–Crippen MR) is 46.7 cm³/mol. The molecule has 0 bridgehead atoms. The molecule has 3 nitrogen and oxygen atoms in total. The van der Waals surface area contributed by atoms with Gasteiger partial charge >= 0.3 is 5.97 Å². The maximum Gasteiger partial charge on any atom is 0.328 e. The Morgan fingerprint density at radius 2 is 2.23 bits per heavy atom. The highest BCUT2D eigenvalue weighted by molar-refractivity contribution is 5.80. The minimum atomic E-state index is -1.01. The van der Waals surface area contributed by atoms with Gasteiger partial charge in [0.15, 0.2) is 0 Å². The van der Waals surface area contributed by atoms with Gasteiger partial charge in [-0.3, -0.25) is 0 Å². The van der Waals surface area contributed by atoms with Gasteiger partial charge in [0.25, 0.3) is 0 Å². The van der Waals surface area contributed by atoms with Crippen molar-refractivity contribution in [3.63, 3.8) is 0 Å². The average molecular weight is 176 g/mol. The van der Waals surface area contributed by atoms with Crippen LogP contribution in [-0.4, -0.2) is 23.3 Å². The monoisotopic (exact) mass is 176 g/mol. The molecule has 3 heteroatoms. The van der Waals surface area contributed by atoms with Crippen LogP contribution in [0, 0.1) is 23.7 Å². The number of ether oxygens (including phenoxy) is 1. The molecule has 0 aromatic carbocycles. The molecule has 1 fully saturated rings. The highest BCUT2D eigenvalue weighted by atomic mass is 16.6. The minimum absolute atomic E-state index is 0.0118. The smallest absolute Gasteiger partial charge is 0.328 e. The molecule has 1 rings (SSSR count). The lowest BCUT2D eigenvalue weighted by molar-refractivity contribution is -0.131. The van der Waals surface area contributed by atoms with E-state index in [1.807, 2.05) is 6.92 Å². The molecule has 1 aliphatic rings. The fourth-order valence-electron chi connectivity index (χ4n) is 0.635. The number of rotatable bonds is 1. The van der Waals surface area contributed by atoms with Crippen molar-refractivity contribution in [2.75, 3.05) is 0 Å². The number of aliphatic carboxylic acids is 1. The molecule has 0 radical (unpaired) electrons. The van der Waals surface area contributed by atoms with Gasteiger partial charge in [-0.05, 0) is 24.8 Å². The van der Waals surface area contributed by atoms with Crippen LogP contribution in [0.4, 0.5) is 0 Å². The fourth-order valence-corrected chi connectivity index (χ4v) is 0.635. The Kier molecular flexibility index (Phi) is 3.14. The number of carboxylic acid groups (broad SMARTS) is 1. The molecule has 1 saturated heterocycles. The highest BCUT2D eigenvalue weighted by Gasteiger charge is 2.31. The molecule has 1 N–H and O–H groups in total. The second-order valence-corrected chi connectivity index (χ2v) is 2.47. The molecule has 1 aliphatic heterocycles. The summed E-state index contributed by atoms with van der Waals surface area (Å²) in [5, 5.41) is 8.19. The number of hydrogen-bond acceptors (Lipinski definition) is 2. The van der Waals surface area contributed by atoms with Gasteiger partial charge in [-0.25, -0.2) is 4.79 Å². The molecule has 66 valence electrons. The van der Waals surface area contributed by atoms with E-state index in [1.165, 1.54) is 6.08 Å². The lowest BCUT2D eigenvalue weighted by atomic mass is 10.3. The first-order valence-corrected chi connectivity index (χ1v) is 3.76. The second-order valence-electron chi connectivity index (χ2n) is 2.47. The summed E-state index contributed by atoms with van der Waals surface area (Å²) in [4.78, 5) is 9.98. The minimum Gasteiger partial charge on any atom is -0.478 e. The molecule has 1 heterocycles. The number of carboxylic acids is 1. The zero-order chi connectivity index (χ0) is 9.68. The van der Waals surface area contributed by atoms with Gasteiger partial charge in [0.2, 0.25) is 0 Å². The second kappa shape index (κ2) is 4.35. The highest BCUT2D eigenvalue weighted by Crippen LogP contribution is 2.18. The van der Waals surface area contributed by atoms with Crippen LogP contribution in [0.15, 0.2) is 12.2 Å². The van der Waals surface area contributed by atoms with E-state index in [1.54, 1.807) is 0 Å². The maximum absolute atomic E-state index is 9.98. The molecular formula is C10H8O3. The normalized spacial score (nSPS) is 24.1. The van der Waals surface area contributed by atoms with Crippen LogP contribution >= 0.6 is 0 Å². The van der Waals surface area contributed by atoms with Crippen molar-refractivity contribution in [3.05, 3.63) is 12.2 Å². The molecule has 2 unspecified atom stereocenters. The molecule has 0 amide bonds. The summed E-state index contributed by atoms with van der Waals surface area (Å²) >= 11 is 0. The fraction of sp³-hybridized carbons (Fsp3) is 0.300. The first-order valence-electron chi connectivity index (χ1n) is 3.76. The van der Waals surface area contributed by atoms with Crippen molar-refractivity contribution in [2.45, 2.75) is 19.1 Å². The molecule has 0 spiro atoms. The SMILES string of the molecule is CC1OC1C#CC#C/C=C/C(=O)O. The topological polar surface area (TPSA) is 49.8 Å². The van der Waals surface area contributed by atoms with Crippen LogP contribution in [-0.2, 0) is 9.53 Å². The van der Waals surface area contributed by atoms with Crippen LogP contribution in [0.3, 0.4) is 0 Å². The van der Waals surface area contributed by atoms with Gasteiger partial charge in [-0.1, -0.05) is 11.8 Å². The van der Waals surface area contributed by atoms with Crippen molar-refractivity contribution in [1.82, 2.24) is 0 Å². The Labute approximate surface area is 76.4 Å². The predicted octanol–water partition coefficient (Wildman–Crippen LogP) is 0.421. The van der Waals surface area contributed by atoms with Gasteiger partial charge in [0, 0.05) is 6.08 Å². The van der Waals surface area contributed by atoms with Crippen LogP contribution in [0.5, 0.6) is 0 Å². The Bertz CT molecular complexity index is 346.